The summed E-state index contributed by atoms with van der Waals surface area (Å²) in [6.45, 7) is 0. The Labute approximate surface area is 149 Å². The summed E-state index contributed by atoms with van der Waals surface area (Å²) in [5.41, 5.74) is 0.147. The fourth-order valence-electron chi connectivity index (χ4n) is 2.33. The van der Waals surface area contributed by atoms with Gasteiger partial charge in [0.25, 0.3) is 0 Å². The van der Waals surface area contributed by atoms with Crippen molar-refractivity contribution in [1.29, 1.82) is 0 Å². The summed E-state index contributed by atoms with van der Waals surface area (Å²) < 4.78 is 43.5. The number of alkyl halides is 3. The van der Waals surface area contributed by atoms with E-state index in [1.54, 1.807) is 18.2 Å². The van der Waals surface area contributed by atoms with Crippen molar-refractivity contribution in [1.82, 2.24) is 15.0 Å². The van der Waals surface area contributed by atoms with Gasteiger partial charge in [-0.1, -0.05) is 35.0 Å². The number of nitrogens with zero attached hydrogens (tertiary/aromatic N) is 3. The number of halogens is 4. The molecule has 1 aromatic heterocycles. The maximum Gasteiger partial charge on any atom is 0.573 e. The molecule has 0 saturated carbocycles. The molecule has 0 bridgehead atoms. The topological polar surface area (TPSA) is 77.2 Å². The second-order valence-electron chi connectivity index (χ2n) is 5.04. The zero-order valence-electron chi connectivity index (χ0n) is 12.7. The van der Waals surface area contributed by atoms with Crippen molar-refractivity contribution >= 4 is 17.6 Å². The second kappa shape index (κ2) is 6.68. The van der Waals surface area contributed by atoms with Crippen LogP contribution >= 0.6 is 11.6 Å². The molecule has 0 radical (unpaired) electrons. The average Bonchev–Trinajstić information content (AvgIpc) is 3.04. The van der Waals surface area contributed by atoms with Gasteiger partial charge in [0.1, 0.15) is 5.75 Å². The van der Waals surface area contributed by atoms with E-state index in [9.17, 15) is 18.0 Å². The molecule has 0 aliphatic carbocycles. The highest BCUT2D eigenvalue weighted by Gasteiger charge is 2.33. The van der Waals surface area contributed by atoms with Crippen LogP contribution in [-0.4, -0.2) is 32.4 Å². The molecule has 0 spiro atoms. The van der Waals surface area contributed by atoms with Crippen LogP contribution in [0.1, 0.15) is 10.5 Å². The summed E-state index contributed by atoms with van der Waals surface area (Å²) in [5, 5.41) is 16.4. The van der Waals surface area contributed by atoms with Gasteiger partial charge in [0, 0.05) is 22.2 Å². The third-order valence-electron chi connectivity index (χ3n) is 3.37. The molecule has 0 aliphatic heterocycles. The Morgan fingerprint density at radius 1 is 1.15 bits per heavy atom. The molecule has 3 aromatic rings. The Bertz CT molecular complexity index is 973. The number of carboxylic acid groups (broad SMARTS) is 1. The van der Waals surface area contributed by atoms with Crippen molar-refractivity contribution in [2.75, 3.05) is 0 Å². The fraction of sp³-hybridized carbons (Fsp3) is 0.0625. The van der Waals surface area contributed by atoms with Gasteiger partial charge in [-0.15, -0.1) is 18.3 Å². The molecular formula is C16H9ClF3N3O3. The van der Waals surface area contributed by atoms with E-state index in [1.807, 2.05) is 0 Å². The van der Waals surface area contributed by atoms with Crippen molar-refractivity contribution in [3.63, 3.8) is 0 Å². The van der Waals surface area contributed by atoms with Crippen molar-refractivity contribution < 1.29 is 27.8 Å². The summed E-state index contributed by atoms with van der Waals surface area (Å²) in [7, 11) is 0. The maximum atomic E-state index is 12.8. The summed E-state index contributed by atoms with van der Waals surface area (Å²) in [6.07, 6.45) is -3.97. The first-order valence-corrected chi connectivity index (χ1v) is 7.43. The highest BCUT2D eigenvalue weighted by Crippen LogP contribution is 2.38. The predicted molar refractivity (Wildman–Crippen MR) is 85.4 cm³/mol. The zero-order valence-corrected chi connectivity index (χ0v) is 13.5. The molecule has 134 valence electrons. The number of aromatic carboxylic acids is 1. The first-order chi connectivity index (χ1) is 12.3. The van der Waals surface area contributed by atoms with Crippen molar-refractivity contribution in [3.8, 4) is 22.6 Å². The highest BCUT2D eigenvalue weighted by atomic mass is 35.5. The Balaban J connectivity index is 2.17. The van der Waals surface area contributed by atoms with Crippen LogP contribution in [0, 0.1) is 0 Å². The molecule has 0 fully saturated rings. The van der Waals surface area contributed by atoms with Crippen LogP contribution in [0.25, 0.3) is 16.8 Å². The lowest BCUT2D eigenvalue weighted by atomic mass is 10.0. The number of aromatic nitrogens is 3. The van der Waals surface area contributed by atoms with Crippen LogP contribution in [0.2, 0.25) is 5.02 Å². The molecule has 10 heteroatoms. The lowest BCUT2D eigenvalue weighted by Crippen LogP contribution is -2.18. The second-order valence-corrected chi connectivity index (χ2v) is 5.45. The minimum Gasteiger partial charge on any atom is -0.476 e. The van der Waals surface area contributed by atoms with E-state index in [0.717, 1.165) is 16.9 Å². The summed E-state index contributed by atoms with van der Waals surface area (Å²) >= 11 is 6.07. The Morgan fingerprint density at radius 3 is 2.54 bits per heavy atom. The molecule has 2 aromatic carbocycles. The van der Waals surface area contributed by atoms with Crippen molar-refractivity contribution in [2.45, 2.75) is 6.36 Å². The molecule has 0 saturated heterocycles. The Kier molecular flexibility index (Phi) is 4.56. The van der Waals surface area contributed by atoms with E-state index in [4.69, 9.17) is 16.7 Å². The number of rotatable bonds is 4. The summed E-state index contributed by atoms with van der Waals surface area (Å²) in [4.78, 5) is 11.2. The van der Waals surface area contributed by atoms with Crippen LogP contribution in [0.5, 0.6) is 5.75 Å². The zero-order chi connectivity index (χ0) is 18.9. The third-order valence-corrected chi connectivity index (χ3v) is 3.70. The lowest BCUT2D eigenvalue weighted by molar-refractivity contribution is -0.274. The predicted octanol–water partition coefficient (Wildman–Crippen LogP) is 4.18. The van der Waals surface area contributed by atoms with E-state index >= 15 is 0 Å². The van der Waals surface area contributed by atoms with Gasteiger partial charge < -0.3 is 9.84 Å². The number of benzene rings is 2. The van der Waals surface area contributed by atoms with Gasteiger partial charge >= 0.3 is 12.3 Å². The SMILES string of the molecule is O=C(O)c1cnnn1-c1ccc(-c2ccccc2Cl)c(OC(F)(F)F)c1. The van der Waals surface area contributed by atoms with Crippen molar-refractivity contribution in [3.05, 3.63) is 59.4 Å². The fourth-order valence-corrected chi connectivity index (χ4v) is 2.56. The van der Waals surface area contributed by atoms with Gasteiger partial charge in [0.05, 0.1) is 11.9 Å². The van der Waals surface area contributed by atoms with Crippen LogP contribution in [-0.2, 0) is 0 Å². The normalized spacial score (nSPS) is 11.4. The number of carbonyl (C=O) groups is 1. The first kappa shape index (κ1) is 17.7. The minimum atomic E-state index is -4.95. The molecule has 26 heavy (non-hydrogen) atoms. The standard InChI is InChI=1S/C16H9ClF3N3O3/c17-12-4-2-1-3-10(12)11-6-5-9(7-14(11)26-16(18,19)20)23-13(15(24)25)8-21-22-23/h1-8H,(H,24,25). The highest BCUT2D eigenvalue weighted by molar-refractivity contribution is 6.33. The van der Waals surface area contributed by atoms with Gasteiger partial charge in [-0.3, -0.25) is 0 Å². The quantitative estimate of drug-likeness (QED) is 0.731. The average molecular weight is 384 g/mol. The molecule has 3 rings (SSSR count). The van der Waals surface area contributed by atoms with E-state index in [-0.39, 0.29) is 22.0 Å². The molecule has 1 N–H and O–H groups in total. The number of carboxylic acids is 1. The molecule has 1 heterocycles. The van der Waals surface area contributed by atoms with Crippen molar-refractivity contribution in [2.24, 2.45) is 0 Å². The molecule has 0 aliphatic rings. The Hall–Kier alpha value is -3.07. The van der Waals surface area contributed by atoms with Gasteiger partial charge in [-0.2, -0.15) is 0 Å². The maximum absolute atomic E-state index is 12.8. The molecular weight excluding hydrogens is 375 g/mol. The monoisotopic (exact) mass is 383 g/mol. The molecule has 0 unspecified atom stereocenters. The summed E-state index contributed by atoms with van der Waals surface area (Å²) in [6, 6.07) is 10.1. The van der Waals surface area contributed by atoms with Crippen LogP contribution in [0.15, 0.2) is 48.7 Å². The largest absolute Gasteiger partial charge is 0.573 e. The van der Waals surface area contributed by atoms with Gasteiger partial charge in [-0.25, -0.2) is 9.48 Å². The number of hydrogen-bond acceptors (Lipinski definition) is 4. The van der Waals surface area contributed by atoms with Crippen LogP contribution in [0.4, 0.5) is 13.2 Å². The third kappa shape index (κ3) is 3.62. The van der Waals surface area contributed by atoms with E-state index in [0.29, 0.717) is 5.56 Å². The molecule has 0 atom stereocenters. The smallest absolute Gasteiger partial charge is 0.476 e. The van der Waals surface area contributed by atoms with Crippen LogP contribution in [0.3, 0.4) is 0 Å². The van der Waals surface area contributed by atoms with E-state index in [1.165, 1.54) is 18.2 Å². The Morgan fingerprint density at radius 2 is 1.88 bits per heavy atom. The van der Waals surface area contributed by atoms with Gasteiger partial charge in [0.2, 0.25) is 0 Å². The first-order valence-electron chi connectivity index (χ1n) is 7.05. The molecule has 0 amide bonds. The van der Waals surface area contributed by atoms with Crippen LogP contribution < -0.4 is 4.74 Å². The van der Waals surface area contributed by atoms with Gasteiger partial charge in [-0.05, 0) is 18.2 Å². The number of ether oxygens (including phenoxy) is 1. The summed E-state index contributed by atoms with van der Waals surface area (Å²) in [5.74, 6) is -1.88. The lowest BCUT2D eigenvalue weighted by Gasteiger charge is -2.16. The van der Waals surface area contributed by atoms with E-state index < -0.39 is 18.1 Å². The minimum absolute atomic E-state index is 0.0370. The molecule has 6 nitrogen and oxygen atoms in total. The van der Waals surface area contributed by atoms with E-state index in [2.05, 4.69) is 15.0 Å². The number of hydrogen-bond donors (Lipinski definition) is 1. The van der Waals surface area contributed by atoms with Gasteiger partial charge in [0.15, 0.2) is 5.69 Å².